The Morgan fingerprint density at radius 1 is 1.50 bits per heavy atom. The normalized spacial score (nSPS) is 18.2. The molecule has 1 amide bonds. The van der Waals surface area contributed by atoms with Gasteiger partial charge in [-0.1, -0.05) is 0 Å². The second-order valence-corrected chi connectivity index (χ2v) is 3.91. The van der Waals surface area contributed by atoms with Crippen LogP contribution in [0.3, 0.4) is 0 Å². The van der Waals surface area contributed by atoms with Crippen LogP contribution in [0.25, 0.3) is 0 Å². The lowest BCUT2D eigenvalue weighted by Gasteiger charge is -2.31. The summed E-state index contributed by atoms with van der Waals surface area (Å²) >= 11 is 0. The van der Waals surface area contributed by atoms with Gasteiger partial charge in [0, 0.05) is 11.6 Å². The van der Waals surface area contributed by atoms with Crippen molar-refractivity contribution in [2.75, 3.05) is 13.7 Å². The Labute approximate surface area is 73.0 Å². The summed E-state index contributed by atoms with van der Waals surface area (Å²) < 4.78 is 5.01. The van der Waals surface area contributed by atoms with Crippen molar-refractivity contribution in [3.63, 3.8) is 0 Å². The van der Waals surface area contributed by atoms with Crippen LogP contribution in [-0.2, 0) is 9.53 Å². The summed E-state index contributed by atoms with van der Waals surface area (Å²) in [4.78, 5) is 13.1. The maximum Gasteiger partial charge on any atom is 0.250 e. The fraction of sp³-hybridized carbons (Fsp3) is 0.667. The van der Waals surface area contributed by atoms with Crippen LogP contribution in [0, 0.1) is 0 Å². The molecule has 0 atom stereocenters. The molecule has 0 aliphatic carbocycles. The van der Waals surface area contributed by atoms with E-state index in [1.54, 1.807) is 18.1 Å². The monoisotopic (exact) mass is 169 g/mol. The van der Waals surface area contributed by atoms with Crippen molar-refractivity contribution in [3.8, 4) is 0 Å². The highest BCUT2D eigenvalue weighted by Gasteiger charge is 2.31. The average molecular weight is 169 g/mol. The number of amides is 1. The first-order chi connectivity index (χ1) is 5.45. The number of ether oxygens (including phenoxy) is 1. The predicted octanol–water partition coefficient (Wildman–Crippen LogP) is 1.16. The number of rotatable bonds is 1. The van der Waals surface area contributed by atoms with Crippen molar-refractivity contribution in [1.29, 1.82) is 0 Å². The molecule has 68 valence electrons. The van der Waals surface area contributed by atoms with E-state index in [1.807, 2.05) is 20.8 Å². The number of hydrogen-bond donors (Lipinski definition) is 0. The van der Waals surface area contributed by atoms with E-state index in [0.717, 1.165) is 5.76 Å². The van der Waals surface area contributed by atoms with Gasteiger partial charge in [-0.25, -0.2) is 0 Å². The summed E-state index contributed by atoms with van der Waals surface area (Å²) in [6.07, 6.45) is 1.55. The zero-order valence-corrected chi connectivity index (χ0v) is 8.05. The minimum Gasteiger partial charge on any atom is -0.499 e. The van der Waals surface area contributed by atoms with E-state index in [1.165, 1.54) is 0 Å². The molecule has 3 nitrogen and oxygen atoms in total. The molecule has 1 rings (SSSR count). The molecule has 0 fully saturated rings. The third kappa shape index (κ3) is 1.60. The van der Waals surface area contributed by atoms with Crippen molar-refractivity contribution in [2.24, 2.45) is 0 Å². The standard InChI is InChI=1S/C9H15NO2/c1-9(2,3)10-6-7(12-4)5-8(10)11/h5H,6H2,1-4H3. The number of hydrogen-bond acceptors (Lipinski definition) is 2. The first-order valence-corrected chi connectivity index (χ1v) is 4.01. The SMILES string of the molecule is COC1=CC(=O)N(C(C)(C)C)C1. The second kappa shape index (κ2) is 2.81. The second-order valence-electron chi connectivity index (χ2n) is 3.91. The number of carbonyl (C=O) groups excluding carboxylic acids is 1. The van der Waals surface area contributed by atoms with Gasteiger partial charge in [0.2, 0.25) is 0 Å². The van der Waals surface area contributed by atoms with E-state index >= 15 is 0 Å². The van der Waals surface area contributed by atoms with Gasteiger partial charge >= 0.3 is 0 Å². The van der Waals surface area contributed by atoms with Crippen molar-refractivity contribution >= 4 is 5.91 Å². The Kier molecular flexibility index (Phi) is 2.13. The largest absolute Gasteiger partial charge is 0.499 e. The smallest absolute Gasteiger partial charge is 0.250 e. The van der Waals surface area contributed by atoms with Crippen molar-refractivity contribution in [3.05, 3.63) is 11.8 Å². The molecular weight excluding hydrogens is 154 g/mol. The van der Waals surface area contributed by atoms with Crippen LogP contribution in [0.5, 0.6) is 0 Å². The van der Waals surface area contributed by atoms with Gasteiger partial charge in [-0.3, -0.25) is 4.79 Å². The number of carbonyl (C=O) groups is 1. The Bertz CT molecular complexity index is 225. The molecule has 0 N–H and O–H groups in total. The number of methoxy groups -OCH3 is 1. The van der Waals surface area contributed by atoms with E-state index in [0.29, 0.717) is 6.54 Å². The highest BCUT2D eigenvalue weighted by molar-refractivity contribution is 5.91. The van der Waals surface area contributed by atoms with Crippen LogP contribution in [0.2, 0.25) is 0 Å². The van der Waals surface area contributed by atoms with Crippen molar-refractivity contribution in [2.45, 2.75) is 26.3 Å². The lowest BCUT2D eigenvalue weighted by molar-refractivity contribution is -0.128. The van der Waals surface area contributed by atoms with Gasteiger partial charge in [-0.2, -0.15) is 0 Å². The van der Waals surface area contributed by atoms with E-state index in [-0.39, 0.29) is 11.4 Å². The molecule has 0 saturated heterocycles. The summed E-state index contributed by atoms with van der Waals surface area (Å²) in [6, 6.07) is 0. The molecule has 0 aromatic heterocycles. The Hall–Kier alpha value is -0.990. The van der Waals surface area contributed by atoms with Gasteiger partial charge in [0.15, 0.2) is 0 Å². The van der Waals surface area contributed by atoms with Gasteiger partial charge in [0.05, 0.1) is 13.7 Å². The Morgan fingerprint density at radius 3 is 2.33 bits per heavy atom. The van der Waals surface area contributed by atoms with E-state index in [2.05, 4.69) is 0 Å². The van der Waals surface area contributed by atoms with Crippen LogP contribution in [0.4, 0.5) is 0 Å². The number of nitrogens with zero attached hydrogens (tertiary/aromatic N) is 1. The molecule has 12 heavy (non-hydrogen) atoms. The maximum absolute atomic E-state index is 11.4. The lowest BCUT2D eigenvalue weighted by Crippen LogP contribution is -2.42. The molecule has 0 bridgehead atoms. The Balaban J connectivity index is 2.72. The van der Waals surface area contributed by atoms with Gasteiger partial charge in [-0.15, -0.1) is 0 Å². The van der Waals surface area contributed by atoms with E-state index < -0.39 is 0 Å². The van der Waals surface area contributed by atoms with Gasteiger partial charge in [0.1, 0.15) is 5.76 Å². The van der Waals surface area contributed by atoms with Gasteiger partial charge < -0.3 is 9.64 Å². The van der Waals surface area contributed by atoms with Crippen LogP contribution in [-0.4, -0.2) is 30.0 Å². The molecule has 0 radical (unpaired) electrons. The third-order valence-electron chi connectivity index (χ3n) is 1.94. The summed E-state index contributed by atoms with van der Waals surface area (Å²) in [5, 5.41) is 0. The van der Waals surface area contributed by atoms with Crippen molar-refractivity contribution < 1.29 is 9.53 Å². The highest BCUT2D eigenvalue weighted by Crippen LogP contribution is 2.21. The zero-order chi connectivity index (χ0) is 9.35. The molecule has 1 aliphatic heterocycles. The predicted molar refractivity (Wildman–Crippen MR) is 46.6 cm³/mol. The minimum absolute atomic E-state index is 0.0411. The molecular formula is C9H15NO2. The van der Waals surface area contributed by atoms with Crippen LogP contribution in [0.1, 0.15) is 20.8 Å². The van der Waals surface area contributed by atoms with Crippen molar-refractivity contribution in [1.82, 2.24) is 4.90 Å². The molecule has 0 aromatic rings. The molecule has 3 heteroatoms. The van der Waals surface area contributed by atoms with Crippen LogP contribution < -0.4 is 0 Å². The molecule has 0 aromatic carbocycles. The average Bonchev–Trinajstić information content (AvgIpc) is 2.29. The van der Waals surface area contributed by atoms with Crippen LogP contribution in [0.15, 0.2) is 11.8 Å². The van der Waals surface area contributed by atoms with Gasteiger partial charge in [0.25, 0.3) is 5.91 Å². The topological polar surface area (TPSA) is 29.5 Å². The molecule has 1 heterocycles. The summed E-state index contributed by atoms with van der Waals surface area (Å²) in [5.41, 5.74) is -0.117. The molecule has 0 spiro atoms. The molecule has 0 unspecified atom stereocenters. The van der Waals surface area contributed by atoms with Crippen LogP contribution >= 0.6 is 0 Å². The summed E-state index contributed by atoms with van der Waals surface area (Å²) in [7, 11) is 1.59. The molecule has 1 aliphatic rings. The fourth-order valence-electron chi connectivity index (χ4n) is 1.19. The lowest BCUT2D eigenvalue weighted by atomic mass is 10.1. The fourth-order valence-corrected chi connectivity index (χ4v) is 1.19. The maximum atomic E-state index is 11.4. The zero-order valence-electron chi connectivity index (χ0n) is 8.05. The summed E-state index contributed by atoms with van der Waals surface area (Å²) in [6.45, 7) is 6.63. The summed E-state index contributed by atoms with van der Waals surface area (Å²) in [5.74, 6) is 0.786. The first-order valence-electron chi connectivity index (χ1n) is 4.01. The third-order valence-corrected chi connectivity index (χ3v) is 1.94. The quantitative estimate of drug-likeness (QED) is 0.589. The van der Waals surface area contributed by atoms with Gasteiger partial charge in [-0.05, 0) is 20.8 Å². The highest BCUT2D eigenvalue weighted by atomic mass is 16.5. The minimum atomic E-state index is -0.117. The Morgan fingerprint density at radius 2 is 2.08 bits per heavy atom. The van der Waals surface area contributed by atoms with E-state index in [4.69, 9.17) is 4.74 Å². The van der Waals surface area contributed by atoms with E-state index in [9.17, 15) is 4.79 Å². The molecule has 0 saturated carbocycles. The first kappa shape index (κ1) is 9.10.